The van der Waals surface area contributed by atoms with Gasteiger partial charge < -0.3 is 0 Å². The minimum Gasteiger partial charge on any atom is -0.289 e. The first-order valence-electron chi connectivity index (χ1n) is 10.9. The summed E-state index contributed by atoms with van der Waals surface area (Å²) in [7, 11) is -12.7. The van der Waals surface area contributed by atoms with Crippen molar-refractivity contribution in [1.29, 1.82) is 0 Å². The standard InChI is InChI=1S/C17H27N7OP.F6P/c1-2-10-22(9-1)26(23-11-3-4-12-23,24-13-5-6-14-24)25-15-7-8-18-17-16(15)19-21-20-17;1-7(2,3,4,5)6/h7-8H,1-6,9-14H2,(H,18,19,20,21);/q+1;-1. The molecule has 2 aromatic heterocycles. The molecule has 0 radical (unpaired) electrons. The van der Waals surface area contributed by atoms with Gasteiger partial charge in [-0.15, -0.1) is 19.1 Å². The van der Waals surface area contributed by atoms with E-state index in [4.69, 9.17) is 4.52 Å². The predicted molar refractivity (Wildman–Crippen MR) is 115 cm³/mol. The molecule has 0 amide bonds. The maximum absolute atomic E-state index is 10.7. The second kappa shape index (κ2) is 8.41. The zero-order valence-electron chi connectivity index (χ0n) is 17.9. The van der Waals surface area contributed by atoms with Crippen LogP contribution in [0.5, 0.6) is 5.75 Å². The molecule has 1 N–H and O–H groups in total. The molecule has 188 valence electrons. The molecule has 3 aliphatic heterocycles. The van der Waals surface area contributed by atoms with Crippen molar-refractivity contribution in [2.45, 2.75) is 38.5 Å². The molecule has 3 aliphatic rings. The number of hydrogen-bond acceptors (Lipinski definition) is 7. The summed E-state index contributed by atoms with van der Waals surface area (Å²) in [4.78, 5) is 4.31. The van der Waals surface area contributed by atoms with E-state index >= 15 is 0 Å². The van der Waals surface area contributed by atoms with Crippen molar-refractivity contribution in [1.82, 2.24) is 34.4 Å². The summed E-state index contributed by atoms with van der Waals surface area (Å²) in [5.41, 5.74) is 1.37. The van der Waals surface area contributed by atoms with Crippen LogP contribution in [0.15, 0.2) is 12.3 Å². The first kappa shape index (κ1) is 24.8. The Hall–Kier alpha value is -1.33. The van der Waals surface area contributed by atoms with E-state index in [1.54, 1.807) is 6.20 Å². The molecule has 16 heteroatoms. The summed E-state index contributed by atoms with van der Waals surface area (Å²) in [6, 6.07) is 1.96. The second-order valence-electron chi connectivity index (χ2n) is 8.35. The average Bonchev–Trinajstić information content (AvgIpc) is 3.52. The Bertz CT molecular complexity index is 906. The van der Waals surface area contributed by atoms with Crippen molar-refractivity contribution in [3.8, 4) is 5.75 Å². The van der Waals surface area contributed by atoms with Gasteiger partial charge in [-0.25, -0.2) is 4.98 Å². The van der Waals surface area contributed by atoms with Gasteiger partial charge in [-0.3, -0.25) is 4.52 Å². The van der Waals surface area contributed by atoms with E-state index in [9.17, 15) is 25.2 Å². The molecule has 8 nitrogen and oxygen atoms in total. The summed E-state index contributed by atoms with van der Waals surface area (Å²) in [5.74, 6) is 0.822. The molecule has 0 saturated carbocycles. The van der Waals surface area contributed by atoms with Crippen LogP contribution in [-0.4, -0.2) is 73.7 Å². The minimum atomic E-state index is -10.7. The normalized spacial score (nSPS) is 23.3. The van der Waals surface area contributed by atoms with E-state index in [0.29, 0.717) is 5.65 Å². The molecule has 0 atom stereocenters. The van der Waals surface area contributed by atoms with E-state index in [0.717, 1.165) is 50.5 Å². The number of hydrogen-bond donors (Lipinski definition) is 1. The van der Waals surface area contributed by atoms with Crippen LogP contribution in [0.25, 0.3) is 11.2 Å². The van der Waals surface area contributed by atoms with Gasteiger partial charge in [-0.1, -0.05) is 0 Å². The number of fused-ring (bicyclic) bond motifs is 1. The SMILES string of the molecule is F[P-](F)(F)(F)(F)F.c1cc(O[P+](N2CCCC2)(N2CCCC2)N2CCCC2)c2n[nH]nc2n1. The molecule has 5 heterocycles. The van der Waals surface area contributed by atoms with E-state index in [2.05, 4.69) is 34.4 Å². The van der Waals surface area contributed by atoms with Gasteiger partial charge in [0.2, 0.25) is 11.4 Å². The van der Waals surface area contributed by atoms with Gasteiger partial charge in [0, 0.05) is 51.5 Å². The van der Waals surface area contributed by atoms with Crippen molar-refractivity contribution in [3.63, 3.8) is 0 Å². The number of H-pyrrole nitrogens is 1. The average molecular weight is 521 g/mol. The number of aromatic nitrogens is 4. The first-order valence-corrected chi connectivity index (χ1v) is 14.5. The Morgan fingerprint density at radius 3 is 1.61 bits per heavy atom. The van der Waals surface area contributed by atoms with Gasteiger partial charge >= 0.3 is 40.9 Å². The molecule has 0 spiro atoms. The van der Waals surface area contributed by atoms with Gasteiger partial charge in [-0.2, -0.15) is 10.3 Å². The van der Waals surface area contributed by atoms with E-state index in [1.807, 2.05) is 6.07 Å². The van der Waals surface area contributed by atoms with Crippen LogP contribution in [-0.2, 0) is 0 Å². The van der Waals surface area contributed by atoms with Crippen LogP contribution >= 0.6 is 15.8 Å². The fourth-order valence-corrected chi connectivity index (χ4v) is 8.78. The minimum absolute atomic E-state index is 0.630. The van der Waals surface area contributed by atoms with Crippen molar-refractivity contribution in [2.75, 3.05) is 39.3 Å². The Balaban J connectivity index is 0.000000325. The fraction of sp³-hybridized carbons (Fsp3) is 0.706. The Morgan fingerprint density at radius 2 is 1.18 bits per heavy atom. The van der Waals surface area contributed by atoms with Crippen LogP contribution in [0.1, 0.15) is 38.5 Å². The van der Waals surface area contributed by atoms with Gasteiger partial charge in [0.1, 0.15) is 0 Å². The Morgan fingerprint density at radius 1 is 0.758 bits per heavy atom. The van der Waals surface area contributed by atoms with Gasteiger partial charge in [0.15, 0.2) is 5.52 Å². The fourth-order valence-electron chi connectivity index (χ4n) is 4.53. The summed E-state index contributed by atoms with van der Waals surface area (Å²) >= 11 is 0. The van der Waals surface area contributed by atoms with E-state index in [1.165, 1.54) is 38.5 Å². The quantitative estimate of drug-likeness (QED) is 0.378. The maximum Gasteiger partial charge on any atom is 0.417 e. The first-order chi connectivity index (χ1) is 15.3. The van der Waals surface area contributed by atoms with E-state index in [-0.39, 0.29) is 0 Å². The number of nitrogens with one attached hydrogen (secondary N) is 1. The third-order valence-corrected chi connectivity index (χ3v) is 9.61. The van der Waals surface area contributed by atoms with Crippen molar-refractivity contribution >= 4 is 26.9 Å². The maximum atomic E-state index is 9.87. The van der Waals surface area contributed by atoms with Crippen molar-refractivity contribution < 1.29 is 29.7 Å². The second-order valence-corrected chi connectivity index (χ2v) is 13.2. The Labute approximate surface area is 187 Å². The zero-order valence-corrected chi connectivity index (χ0v) is 19.7. The van der Waals surface area contributed by atoms with Crippen LogP contribution < -0.4 is 4.52 Å². The molecule has 3 fully saturated rings. The van der Waals surface area contributed by atoms with Crippen LogP contribution in [0.4, 0.5) is 25.2 Å². The van der Waals surface area contributed by atoms with Gasteiger partial charge in [0.05, 0.1) is 0 Å². The number of nitrogens with zero attached hydrogens (tertiary/aromatic N) is 6. The smallest absolute Gasteiger partial charge is 0.289 e. The van der Waals surface area contributed by atoms with Gasteiger partial charge in [0.25, 0.3) is 0 Å². The largest absolute Gasteiger partial charge is 0.417 e. The van der Waals surface area contributed by atoms with Crippen molar-refractivity contribution in [2.24, 2.45) is 0 Å². The van der Waals surface area contributed by atoms with Crippen LogP contribution in [0, 0.1) is 0 Å². The predicted octanol–water partition coefficient (Wildman–Crippen LogP) is 6.08. The molecule has 3 saturated heterocycles. The molecule has 0 aliphatic carbocycles. The number of aromatic amines is 1. The topological polar surface area (TPSA) is 73.4 Å². The van der Waals surface area contributed by atoms with Crippen LogP contribution in [0.3, 0.4) is 0 Å². The van der Waals surface area contributed by atoms with Crippen LogP contribution in [0.2, 0.25) is 0 Å². The zero-order chi connectivity index (χ0) is 23.8. The molecule has 0 unspecified atom stereocenters. The molecule has 0 aromatic carbocycles. The summed E-state index contributed by atoms with van der Waals surface area (Å²) in [6.45, 7) is 6.80. The molecular formula is C17H27F6N7OP2. The molecule has 5 rings (SSSR count). The Kier molecular flexibility index (Phi) is 6.31. The number of pyridine rings is 1. The summed E-state index contributed by atoms with van der Waals surface area (Å²) in [6.07, 6.45) is 9.38. The van der Waals surface area contributed by atoms with Gasteiger partial charge in [-0.05, 0) is 38.5 Å². The van der Waals surface area contributed by atoms with Crippen molar-refractivity contribution in [3.05, 3.63) is 12.3 Å². The molecule has 0 bridgehead atoms. The monoisotopic (exact) mass is 521 g/mol. The summed E-state index contributed by atoms with van der Waals surface area (Å²) in [5, 5.41) is 11.2. The molecule has 33 heavy (non-hydrogen) atoms. The molecular weight excluding hydrogens is 494 g/mol. The summed E-state index contributed by atoms with van der Waals surface area (Å²) < 4.78 is 74.2. The number of halogens is 6. The number of rotatable bonds is 5. The van der Waals surface area contributed by atoms with E-state index < -0.39 is 15.8 Å². The third-order valence-electron chi connectivity index (χ3n) is 5.76. The third kappa shape index (κ3) is 6.42. The molecule has 2 aromatic rings.